The average Bonchev–Trinajstić information content (AvgIpc) is 3.13. The number of rotatable bonds is 8. The van der Waals surface area contributed by atoms with E-state index >= 15 is 0 Å². The SMILES string of the molecule is CCCCCOc1ccc(C(=O)Nc2sc3c(c2C(=O)OC)CCC(C(C)(C)C)C3)cc1. The molecule has 3 rings (SSSR count). The molecule has 1 amide bonds. The third-order valence-electron chi connectivity index (χ3n) is 6.24. The van der Waals surface area contributed by atoms with Gasteiger partial charge in [0.2, 0.25) is 0 Å². The second-order valence-corrected chi connectivity index (χ2v) is 10.6. The van der Waals surface area contributed by atoms with Gasteiger partial charge in [0.05, 0.1) is 19.3 Å². The van der Waals surface area contributed by atoms with Crippen LogP contribution in [0.1, 0.15) is 84.5 Å². The maximum Gasteiger partial charge on any atom is 0.341 e. The molecule has 1 heterocycles. The van der Waals surface area contributed by atoms with Crippen LogP contribution < -0.4 is 10.1 Å². The Morgan fingerprint density at radius 1 is 1.16 bits per heavy atom. The van der Waals surface area contributed by atoms with Gasteiger partial charge in [0.25, 0.3) is 5.91 Å². The van der Waals surface area contributed by atoms with Gasteiger partial charge < -0.3 is 14.8 Å². The molecule has 1 aromatic carbocycles. The summed E-state index contributed by atoms with van der Waals surface area (Å²) in [6.07, 6.45) is 6.10. The maximum absolute atomic E-state index is 12.9. The minimum Gasteiger partial charge on any atom is -0.494 e. The third kappa shape index (κ3) is 5.71. The fourth-order valence-corrected chi connectivity index (χ4v) is 5.46. The van der Waals surface area contributed by atoms with Crippen molar-refractivity contribution in [3.63, 3.8) is 0 Å². The van der Waals surface area contributed by atoms with Crippen LogP contribution in [0.5, 0.6) is 5.75 Å². The second kappa shape index (κ2) is 10.5. The van der Waals surface area contributed by atoms with E-state index in [9.17, 15) is 9.59 Å². The molecule has 0 saturated carbocycles. The van der Waals surface area contributed by atoms with Crippen molar-refractivity contribution in [3.8, 4) is 5.75 Å². The van der Waals surface area contributed by atoms with E-state index in [1.54, 1.807) is 12.1 Å². The van der Waals surface area contributed by atoms with Gasteiger partial charge in [-0.05, 0) is 66.8 Å². The number of anilines is 1. The van der Waals surface area contributed by atoms with Gasteiger partial charge in [-0.15, -0.1) is 11.3 Å². The molecule has 32 heavy (non-hydrogen) atoms. The minimum atomic E-state index is -0.386. The van der Waals surface area contributed by atoms with Crippen molar-refractivity contribution in [2.45, 2.75) is 66.2 Å². The molecular weight excluding hydrogens is 422 g/mol. The van der Waals surface area contributed by atoms with Crippen LogP contribution in [0.2, 0.25) is 0 Å². The van der Waals surface area contributed by atoms with E-state index < -0.39 is 0 Å². The molecule has 1 aliphatic carbocycles. The van der Waals surface area contributed by atoms with Crippen LogP contribution in [0.3, 0.4) is 0 Å². The molecule has 1 aliphatic rings. The number of methoxy groups -OCH3 is 1. The number of ether oxygens (including phenoxy) is 2. The van der Waals surface area contributed by atoms with Gasteiger partial charge in [-0.2, -0.15) is 0 Å². The van der Waals surface area contributed by atoms with E-state index in [4.69, 9.17) is 9.47 Å². The summed E-state index contributed by atoms with van der Waals surface area (Å²) in [6.45, 7) is 9.62. The molecule has 1 atom stereocenters. The molecule has 1 aromatic heterocycles. The summed E-state index contributed by atoms with van der Waals surface area (Å²) in [6, 6.07) is 7.14. The van der Waals surface area contributed by atoms with Crippen molar-refractivity contribution in [3.05, 3.63) is 45.8 Å². The van der Waals surface area contributed by atoms with Crippen LogP contribution in [0.15, 0.2) is 24.3 Å². The summed E-state index contributed by atoms with van der Waals surface area (Å²) < 4.78 is 10.8. The number of fused-ring (bicyclic) bond motifs is 1. The van der Waals surface area contributed by atoms with Crippen molar-refractivity contribution in [2.75, 3.05) is 19.0 Å². The molecule has 174 valence electrons. The number of carbonyl (C=O) groups is 2. The second-order valence-electron chi connectivity index (χ2n) is 9.54. The molecule has 0 saturated heterocycles. The Morgan fingerprint density at radius 3 is 2.50 bits per heavy atom. The van der Waals surface area contributed by atoms with Crippen molar-refractivity contribution in [1.82, 2.24) is 0 Å². The number of thiophene rings is 1. The zero-order valence-corrected chi connectivity index (χ0v) is 20.7. The Hall–Kier alpha value is -2.34. The number of unbranched alkanes of at least 4 members (excludes halogenated alkanes) is 2. The van der Waals surface area contributed by atoms with Crippen LogP contribution in [0.4, 0.5) is 5.00 Å². The quantitative estimate of drug-likeness (QED) is 0.363. The Balaban J connectivity index is 1.76. The number of hydrogen-bond donors (Lipinski definition) is 1. The van der Waals surface area contributed by atoms with Crippen molar-refractivity contribution >= 4 is 28.2 Å². The first-order valence-corrected chi connectivity index (χ1v) is 12.3. The highest BCUT2D eigenvalue weighted by atomic mass is 32.1. The third-order valence-corrected chi connectivity index (χ3v) is 7.41. The van der Waals surface area contributed by atoms with E-state index in [1.807, 2.05) is 12.1 Å². The lowest BCUT2D eigenvalue weighted by Crippen LogP contribution is -2.26. The summed E-state index contributed by atoms with van der Waals surface area (Å²) in [5.74, 6) is 0.682. The molecule has 0 fully saturated rings. The zero-order valence-electron chi connectivity index (χ0n) is 19.9. The van der Waals surface area contributed by atoms with Gasteiger partial charge in [0.15, 0.2) is 0 Å². The minimum absolute atomic E-state index is 0.205. The molecule has 0 aliphatic heterocycles. The number of amides is 1. The Kier molecular flexibility index (Phi) is 7.99. The fraction of sp³-hybridized carbons (Fsp3) is 0.538. The predicted molar refractivity (Wildman–Crippen MR) is 130 cm³/mol. The highest BCUT2D eigenvalue weighted by Gasteiger charge is 2.34. The van der Waals surface area contributed by atoms with Crippen LogP contribution in [-0.4, -0.2) is 25.6 Å². The summed E-state index contributed by atoms with van der Waals surface area (Å²) in [4.78, 5) is 26.7. The fourth-order valence-electron chi connectivity index (χ4n) is 4.15. The lowest BCUT2D eigenvalue weighted by atomic mass is 9.72. The van der Waals surface area contributed by atoms with Crippen LogP contribution in [0.25, 0.3) is 0 Å². The highest BCUT2D eigenvalue weighted by Crippen LogP contribution is 2.44. The van der Waals surface area contributed by atoms with Gasteiger partial charge >= 0.3 is 5.97 Å². The summed E-state index contributed by atoms with van der Waals surface area (Å²) in [5.41, 5.74) is 2.29. The number of carbonyl (C=O) groups excluding carboxylic acids is 2. The van der Waals surface area contributed by atoms with Gasteiger partial charge in [-0.25, -0.2) is 4.79 Å². The average molecular weight is 458 g/mol. The molecule has 1 unspecified atom stereocenters. The molecule has 0 bridgehead atoms. The highest BCUT2D eigenvalue weighted by molar-refractivity contribution is 7.17. The van der Waals surface area contributed by atoms with Gasteiger partial charge in [0, 0.05) is 10.4 Å². The lowest BCUT2D eigenvalue weighted by molar-refractivity contribution is 0.0600. The van der Waals surface area contributed by atoms with Crippen molar-refractivity contribution in [1.29, 1.82) is 0 Å². The van der Waals surface area contributed by atoms with Crippen LogP contribution in [-0.2, 0) is 17.6 Å². The first kappa shape index (κ1) is 24.3. The standard InChI is InChI=1S/C26H35NO4S/c1-6-7-8-15-31-19-12-9-17(10-13-19)23(28)27-24-22(25(29)30-5)20-14-11-18(26(2,3)4)16-21(20)32-24/h9-10,12-13,18H,6-8,11,14-16H2,1-5H3,(H,27,28). The van der Waals surface area contributed by atoms with Gasteiger partial charge in [-0.1, -0.05) is 40.5 Å². The maximum atomic E-state index is 12.9. The molecule has 6 heteroatoms. The lowest BCUT2D eigenvalue weighted by Gasteiger charge is -2.33. The van der Waals surface area contributed by atoms with E-state index in [1.165, 1.54) is 23.3 Å². The molecule has 0 radical (unpaired) electrons. The van der Waals surface area contributed by atoms with Crippen molar-refractivity contribution < 1.29 is 19.1 Å². The first-order valence-electron chi connectivity index (χ1n) is 11.5. The largest absolute Gasteiger partial charge is 0.494 e. The molecule has 2 aromatic rings. The smallest absolute Gasteiger partial charge is 0.341 e. The summed E-state index contributed by atoms with van der Waals surface area (Å²) >= 11 is 1.51. The zero-order chi connectivity index (χ0) is 23.3. The first-order chi connectivity index (χ1) is 15.2. The molecule has 0 spiro atoms. The monoisotopic (exact) mass is 457 g/mol. The van der Waals surface area contributed by atoms with E-state index in [-0.39, 0.29) is 17.3 Å². The molecule has 5 nitrogen and oxygen atoms in total. The number of nitrogens with one attached hydrogen (secondary N) is 1. The van der Waals surface area contributed by atoms with E-state index in [0.29, 0.717) is 28.7 Å². The van der Waals surface area contributed by atoms with Crippen molar-refractivity contribution in [2.24, 2.45) is 11.3 Å². The van der Waals surface area contributed by atoms with Crippen LogP contribution >= 0.6 is 11.3 Å². The Bertz CT molecular complexity index is 940. The van der Waals surface area contributed by atoms with Crippen LogP contribution in [0, 0.1) is 11.3 Å². The number of benzene rings is 1. The summed E-state index contributed by atoms with van der Waals surface area (Å²) in [7, 11) is 1.39. The summed E-state index contributed by atoms with van der Waals surface area (Å²) in [5, 5.41) is 3.55. The molecular formula is C26H35NO4S. The van der Waals surface area contributed by atoms with Gasteiger partial charge in [-0.3, -0.25) is 4.79 Å². The van der Waals surface area contributed by atoms with E-state index in [2.05, 4.69) is 33.0 Å². The Morgan fingerprint density at radius 2 is 1.88 bits per heavy atom. The van der Waals surface area contributed by atoms with Gasteiger partial charge in [0.1, 0.15) is 10.8 Å². The topological polar surface area (TPSA) is 64.6 Å². The number of hydrogen-bond acceptors (Lipinski definition) is 5. The number of esters is 1. The predicted octanol–water partition coefficient (Wildman–Crippen LogP) is 6.51. The van der Waals surface area contributed by atoms with E-state index in [0.717, 1.165) is 49.8 Å². The molecule has 1 N–H and O–H groups in total. The Labute approximate surface area is 195 Å². The normalized spacial score (nSPS) is 15.7.